The topological polar surface area (TPSA) is 34.1 Å². The van der Waals surface area contributed by atoms with Crippen LogP contribution in [0.5, 0.6) is 5.75 Å². The average Bonchev–Trinajstić information content (AvgIpc) is 2.88. The van der Waals surface area contributed by atoms with Crippen molar-refractivity contribution in [2.75, 3.05) is 13.7 Å². The molecule has 0 spiro atoms. The molecule has 0 saturated heterocycles. The van der Waals surface area contributed by atoms with E-state index >= 15 is 0 Å². The second kappa shape index (κ2) is 6.37. The van der Waals surface area contributed by atoms with Crippen molar-refractivity contribution in [2.24, 2.45) is 0 Å². The third kappa shape index (κ3) is 3.84. The Bertz CT molecular complexity index is 416. The molecule has 0 aliphatic carbocycles. The van der Waals surface area contributed by atoms with Crippen LogP contribution >= 0.6 is 11.3 Å². The molecule has 1 atom stereocenters. The monoisotopic (exact) mass is 248 g/mol. The van der Waals surface area contributed by atoms with E-state index in [4.69, 9.17) is 4.74 Å². The molecule has 0 bridgehead atoms. The maximum absolute atomic E-state index is 5.72. The van der Waals surface area contributed by atoms with E-state index in [0.29, 0.717) is 12.6 Å². The van der Waals surface area contributed by atoms with Crippen LogP contribution in [0.3, 0.4) is 0 Å². The summed E-state index contributed by atoms with van der Waals surface area (Å²) in [5, 5.41) is 6.39. The Morgan fingerprint density at radius 1 is 1.35 bits per heavy atom. The van der Waals surface area contributed by atoms with Gasteiger partial charge in [-0.15, -0.1) is 11.3 Å². The molecule has 17 heavy (non-hydrogen) atoms. The maximum atomic E-state index is 5.72. The maximum Gasteiger partial charge on any atom is 0.119 e. The molecule has 2 aromatic rings. The van der Waals surface area contributed by atoms with Crippen LogP contribution in [0.1, 0.15) is 5.01 Å². The van der Waals surface area contributed by atoms with Crippen LogP contribution in [0.15, 0.2) is 41.9 Å². The number of benzene rings is 1. The van der Waals surface area contributed by atoms with Crippen LogP contribution in [0.25, 0.3) is 0 Å². The number of para-hydroxylation sites is 1. The third-order valence-corrected chi connectivity index (χ3v) is 3.31. The lowest BCUT2D eigenvalue weighted by Gasteiger charge is -2.15. The van der Waals surface area contributed by atoms with E-state index in [1.807, 2.05) is 49.0 Å². The summed E-state index contributed by atoms with van der Waals surface area (Å²) in [4.78, 5) is 4.28. The van der Waals surface area contributed by atoms with Crippen molar-refractivity contribution in [1.29, 1.82) is 0 Å². The molecule has 0 amide bonds. The van der Waals surface area contributed by atoms with Gasteiger partial charge in [0, 0.05) is 24.0 Å². The first-order valence-corrected chi connectivity index (χ1v) is 6.50. The Labute approximate surface area is 105 Å². The van der Waals surface area contributed by atoms with Gasteiger partial charge in [-0.1, -0.05) is 18.2 Å². The van der Waals surface area contributed by atoms with Gasteiger partial charge in [0.15, 0.2) is 0 Å². The van der Waals surface area contributed by atoms with E-state index in [-0.39, 0.29) is 0 Å². The van der Waals surface area contributed by atoms with Crippen LogP contribution in [0.2, 0.25) is 0 Å². The number of rotatable bonds is 6. The Morgan fingerprint density at radius 3 is 2.82 bits per heavy atom. The second-order valence-electron chi connectivity index (χ2n) is 3.74. The molecule has 0 radical (unpaired) electrons. The number of nitrogens with zero attached hydrogens (tertiary/aromatic N) is 1. The zero-order valence-corrected chi connectivity index (χ0v) is 10.6. The number of hydrogen-bond acceptors (Lipinski definition) is 4. The summed E-state index contributed by atoms with van der Waals surface area (Å²) in [7, 11) is 1.95. The molecular weight excluding hydrogens is 232 g/mol. The Hall–Kier alpha value is -1.39. The van der Waals surface area contributed by atoms with E-state index in [0.717, 1.165) is 17.2 Å². The number of ether oxygens (including phenoxy) is 1. The molecule has 0 saturated carbocycles. The molecule has 1 N–H and O–H groups in total. The predicted molar refractivity (Wildman–Crippen MR) is 70.6 cm³/mol. The third-order valence-electron chi connectivity index (χ3n) is 2.51. The summed E-state index contributed by atoms with van der Waals surface area (Å²) >= 11 is 1.68. The minimum Gasteiger partial charge on any atom is -0.492 e. The van der Waals surface area contributed by atoms with Crippen molar-refractivity contribution < 1.29 is 4.74 Å². The highest BCUT2D eigenvalue weighted by Crippen LogP contribution is 2.11. The fraction of sp³-hybridized carbons (Fsp3) is 0.308. The summed E-state index contributed by atoms with van der Waals surface area (Å²) in [6.45, 7) is 0.653. The molecule has 3 nitrogen and oxygen atoms in total. The number of hydrogen-bond donors (Lipinski definition) is 1. The first-order chi connectivity index (χ1) is 8.38. The van der Waals surface area contributed by atoms with Crippen LogP contribution in [-0.4, -0.2) is 24.7 Å². The van der Waals surface area contributed by atoms with Crippen molar-refractivity contribution in [2.45, 2.75) is 12.5 Å². The number of thiazole rings is 1. The zero-order chi connectivity index (χ0) is 11.9. The first-order valence-electron chi connectivity index (χ1n) is 5.62. The highest BCUT2D eigenvalue weighted by atomic mass is 32.1. The van der Waals surface area contributed by atoms with Crippen molar-refractivity contribution in [3.05, 3.63) is 46.9 Å². The van der Waals surface area contributed by atoms with Crippen molar-refractivity contribution >= 4 is 11.3 Å². The molecule has 1 aromatic carbocycles. The van der Waals surface area contributed by atoms with Crippen LogP contribution < -0.4 is 10.1 Å². The molecule has 90 valence electrons. The Morgan fingerprint density at radius 2 is 2.18 bits per heavy atom. The molecule has 0 fully saturated rings. The van der Waals surface area contributed by atoms with E-state index in [1.54, 1.807) is 11.3 Å². The van der Waals surface area contributed by atoms with Gasteiger partial charge in [-0.2, -0.15) is 0 Å². The quantitative estimate of drug-likeness (QED) is 0.852. The summed E-state index contributed by atoms with van der Waals surface area (Å²) < 4.78 is 5.72. The van der Waals surface area contributed by atoms with Crippen molar-refractivity contribution in [3.8, 4) is 5.75 Å². The molecule has 1 unspecified atom stereocenters. The first kappa shape index (κ1) is 12.1. The van der Waals surface area contributed by atoms with E-state index < -0.39 is 0 Å². The largest absolute Gasteiger partial charge is 0.492 e. The second-order valence-corrected chi connectivity index (χ2v) is 4.72. The van der Waals surface area contributed by atoms with Gasteiger partial charge in [0.2, 0.25) is 0 Å². The van der Waals surface area contributed by atoms with Crippen LogP contribution in [-0.2, 0) is 6.42 Å². The van der Waals surface area contributed by atoms with E-state index in [2.05, 4.69) is 10.3 Å². The van der Waals surface area contributed by atoms with Gasteiger partial charge in [-0.3, -0.25) is 0 Å². The van der Waals surface area contributed by atoms with Gasteiger partial charge in [0.05, 0.1) is 5.01 Å². The lowest BCUT2D eigenvalue weighted by atomic mass is 10.2. The SMILES string of the molecule is CNC(COc1ccccc1)Cc1nccs1. The van der Waals surface area contributed by atoms with Gasteiger partial charge in [0.25, 0.3) is 0 Å². The summed E-state index contributed by atoms with van der Waals surface area (Å²) in [5.41, 5.74) is 0. The zero-order valence-electron chi connectivity index (χ0n) is 9.80. The van der Waals surface area contributed by atoms with Gasteiger partial charge in [0.1, 0.15) is 12.4 Å². The molecule has 2 rings (SSSR count). The van der Waals surface area contributed by atoms with Crippen molar-refractivity contribution in [1.82, 2.24) is 10.3 Å². The fourth-order valence-electron chi connectivity index (χ4n) is 1.52. The van der Waals surface area contributed by atoms with Gasteiger partial charge >= 0.3 is 0 Å². The highest BCUT2D eigenvalue weighted by molar-refractivity contribution is 7.09. The van der Waals surface area contributed by atoms with Crippen LogP contribution in [0.4, 0.5) is 0 Å². The van der Waals surface area contributed by atoms with E-state index in [9.17, 15) is 0 Å². The molecule has 4 heteroatoms. The standard InChI is InChI=1S/C13H16N2OS/c1-14-11(9-13-15-7-8-17-13)10-16-12-5-3-2-4-6-12/h2-8,11,14H,9-10H2,1H3. The smallest absolute Gasteiger partial charge is 0.119 e. The number of aromatic nitrogens is 1. The molecule has 1 aromatic heterocycles. The van der Waals surface area contributed by atoms with Gasteiger partial charge in [-0.05, 0) is 19.2 Å². The Balaban J connectivity index is 1.84. The van der Waals surface area contributed by atoms with Crippen LogP contribution in [0, 0.1) is 0 Å². The van der Waals surface area contributed by atoms with E-state index in [1.165, 1.54) is 0 Å². The molecule has 0 aliphatic heterocycles. The normalized spacial score (nSPS) is 12.3. The predicted octanol–water partition coefficient (Wildman–Crippen LogP) is 2.35. The average molecular weight is 248 g/mol. The number of nitrogens with one attached hydrogen (secondary N) is 1. The van der Waals surface area contributed by atoms with Crippen molar-refractivity contribution in [3.63, 3.8) is 0 Å². The molecular formula is C13H16N2OS. The minimum absolute atomic E-state index is 0.293. The Kier molecular flexibility index (Phi) is 4.53. The van der Waals surface area contributed by atoms with Gasteiger partial charge < -0.3 is 10.1 Å². The molecule has 0 aliphatic rings. The summed E-state index contributed by atoms with van der Waals surface area (Å²) in [5.74, 6) is 0.909. The summed E-state index contributed by atoms with van der Waals surface area (Å²) in [6, 6.07) is 10.2. The highest BCUT2D eigenvalue weighted by Gasteiger charge is 2.09. The lowest BCUT2D eigenvalue weighted by Crippen LogP contribution is -2.33. The number of likely N-dealkylation sites (N-methyl/N-ethyl adjacent to an activating group) is 1. The fourth-order valence-corrected chi connectivity index (χ4v) is 2.22. The van der Waals surface area contributed by atoms with Gasteiger partial charge in [-0.25, -0.2) is 4.98 Å². The lowest BCUT2D eigenvalue weighted by molar-refractivity contribution is 0.269. The molecule has 1 heterocycles. The minimum atomic E-state index is 0.293. The summed E-state index contributed by atoms with van der Waals surface area (Å²) in [6.07, 6.45) is 2.74.